The maximum absolute atomic E-state index is 12.5. The first kappa shape index (κ1) is 18.4. The van der Waals surface area contributed by atoms with Crippen LogP contribution in [0.25, 0.3) is 5.65 Å². The van der Waals surface area contributed by atoms with E-state index in [9.17, 15) is 4.79 Å². The molecule has 2 heterocycles. The van der Waals surface area contributed by atoms with Crippen molar-refractivity contribution >= 4 is 46.3 Å². The van der Waals surface area contributed by atoms with Crippen molar-refractivity contribution in [2.45, 2.75) is 20.3 Å². The number of benzene rings is 1. The van der Waals surface area contributed by atoms with Gasteiger partial charge >= 0.3 is 0 Å². The molecule has 0 spiro atoms. The van der Waals surface area contributed by atoms with Crippen LogP contribution in [0.15, 0.2) is 30.3 Å². The van der Waals surface area contributed by atoms with Gasteiger partial charge in [0.15, 0.2) is 11.5 Å². The SMILES string of the molecule is CCc1nnc2ccc(N(CC)CC(=O)Nc3c(Cl)cccc3Cl)nn12. The monoisotopic (exact) mass is 392 g/mol. The Morgan fingerprint density at radius 1 is 1.15 bits per heavy atom. The van der Waals surface area contributed by atoms with Crippen molar-refractivity contribution in [1.82, 2.24) is 19.8 Å². The van der Waals surface area contributed by atoms with E-state index in [1.54, 1.807) is 22.7 Å². The summed E-state index contributed by atoms with van der Waals surface area (Å²) >= 11 is 12.2. The Balaban J connectivity index is 1.80. The van der Waals surface area contributed by atoms with Gasteiger partial charge in [-0.15, -0.1) is 15.3 Å². The Labute approximate surface area is 160 Å². The van der Waals surface area contributed by atoms with Crippen molar-refractivity contribution in [2.75, 3.05) is 23.3 Å². The number of anilines is 2. The molecule has 0 atom stereocenters. The molecule has 0 aliphatic heterocycles. The number of aryl methyl sites for hydroxylation is 1. The van der Waals surface area contributed by atoms with Crippen molar-refractivity contribution < 1.29 is 4.79 Å². The number of carbonyl (C=O) groups is 1. The molecule has 0 aliphatic carbocycles. The Morgan fingerprint density at radius 3 is 2.54 bits per heavy atom. The third kappa shape index (κ3) is 3.73. The number of amides is 1. The van der Waals surface area contributed by atoms with Crippen LogP contribution in [-0.4, -0.2) is 38.8 Å². The molecule has 1 N–H and O–H groups in total. The molecule has 0 bridgehead atoms. The Morgan fingerprint density at radius 2 is 1.88 bits per heavy atom. The molecule has 136 valence electrons. The predicted octanol–water partition coefficient (Wildman–Crippen LogP) is 3.46. The average molecular weight is 393 g/mol. The molecule has 0 saturated heterocycles. The molecule has 0 unspecified atom stereocenters. The average Bonchev–Trinajstić information content (AvgIpc) is 3.05. The second kappa shape index (κ2) is 7.88. The molecule has 9 heteroatoms. The van der Waals surface area contributed by atoms with E-state index >= 15 is 0 Å². The van der Waals surface area contributed by atoms with Gasteiger partial charge in [-0.3, -0.25) is 4.79 Å². The molecule has 1 amide bonds. The number of nitrogens with one attached hydrogen (secondary N) is 1. The van der Waals surface area contributed by atoms with Gasteiger partial charge in [0.1, 0.15) is 5.82 Å². The van der Waals surface area contributed by atoms with E-state index in [2.05, 4.69) is 20.6 Å². The summed E-state index contributed by atoms with van der Waals surface area (Å²) in [6.07, 6.45) is 0.717. The fraction of sp³-hybridized carbons (Fsp3) is 0.294. The minimum absolute atomic E-state index is 0.111. The quantitative estimate of drug-likeness (QED) is 0.694. The number of hydrogen-bond donors (Lipinski definition) is 1. The topological polar surface area (TPSA) is 75.4 Å². The zero-order chi connectivity index (χ0) is 18.7. The van der Waals surface area contributed by atoms with Gasteiger partial charge in [-0.1, -0.05) is 36.2 Å². The van der Waals surface area contributed by atoms with E-state index in [0.29, 0.717) is 33.7 Å². The second-order valence-electron chi connectivity index (χ2n) is 5.59. The van der Waals surface area contributed by atoms with Gasteiger partial charge in [-0.2, -0.15) is 4.52 Å². The van der Waals surface area contributed by atoms with E-state index in [4.69, 9.17) is 23.2 Å². The Bertz CT molecular complexity index is 922. The molecular weight excluding hydrogens is 375 g/mol. The third-order valence-corrected chi connectivity index (χ3v) is 4.53. The second-order valence-corrected chi connectivity index (χ2v) is 6.40. The summed E-state index contributed by atoms with van der Waals surface area (Å²) in [5.74, 6) is 1.20. The lowest BCUT2D eigenvalue weighted by molar-refractivity contribution is -0.115. The van der Waals surface area contributed by atoms with Crippen molar-refractivity contribution in [3.05, 3.63) is 46.2 Å². The molecule has 7 nitrogen and oxygen atoms in total. The zero-order valence-corrected chi connectivity index (χ0v) is 15.9. The van der Waals surface area contributed by atoms with Crippen LogP contribution in [0.1, 0.15) is 19.7 Å². The first-order valence-corrected chi connectivity index (χ1v) is 8.99. The summed E-state index contributed by atoms with van der Waals surface area (Å²) in [6, 6.07) is 8.73. The number of hydrogen-bond acceptors (Lipinski definition) is 5. The van der Waals surface area contributed by atoms with Crippen LogP contribution in [0.3, 0.4) is 0 Å². The van der Waals surface area contributed by atoms with E-state index in [1.165, 1.54) is 0 Å². The maximum Gasteiger partial charge on any atom is 0.244 e. The highest BCUT2D eigenvalue weighted by Gasteiger charge is 2.16. The molecule has 0 fully saturated rings. The van der Waals surface area contributed by atoms with Crippen LogP contribution in [0.4, 0.5) is 11.5 Å². The van der Waals surface area contributed by atoms with Crippen molar-refractivity contribution in [2.24, 2.45) is 0 Å². The van der Waals surface area contributed by atoms with Gasteiger partial charge in [0.2, 0.25) is 5.91 Å². The number of likely N-dealkylation sites (N-methyl/N-ethyl adjacent to an activating group) is 1. The van der Waals surface area contributed by atoms with Crippen LogP contribution in [0.5, 0.6) is 0 Å². The molecule has 0 radical (unpaired) electrons. The summed E-state index contributed by atoms with van der Waals surface area (Å²) in [6.45, 7) is 4.66. The fourth-order valence-corrected chi connectivity index (χ4v) is 3.03. The van der Waals surface area contributed by atoms with Crippen molar-refractivity contribution in [1.29, 1.82) is 0 Å². The number of rotatable bonds is 6. The maximum atomic E-state index is 12.5. The van der Waals surface area contributed by atoms with E-state index in [1.807, 2.05) is 30.9 Å². The summed E-state index contributed by atoms with van der Waals surface area (Å²) < 4.78 is 1.70. The number of fused-ring (bicyclic) bond motifs is 1. The Kier molecular flexibility index (Phi) is 5.58. The number of aromatic nitrogens is 4. The largest absolute Gasteiger partial charge is 0.346 e. The lowest BCUT2D eigenvalue weighted by atomic mass is 10.3. The highest BCUT2D eigenvalue weighted by molar-refractivity contribution is 6.39. The van der Waals surface area contributed by atoms with Crippen LogP contribution in [0, 0.1) is 0 Å². The summed E-state index contributed by atoms with van der Waals surface area (Å²) in [4.78, 5) is 14.3. The Hall–Kier alpha value is -2.38. The van der Waals surface area contributed by atoms with Gasteiger partial charge in [0, 0.05) is 13.0 Å². The normalized spacial score (nSPS) is 10.9. The number of para-hydroxylation sites is 1. The van der Waals surface area contributed by atoms with Crippen LogP contribution in [0.2, 0.25) is 10.0 Å². The number of halogens is 2. The third-order valence-electron chi connectivity index (χ3n) is 3.90. The molecule has 3 aromatic rings. The predicted molar refractivity (Wildman–Crippen MR) is 103 cm³/mol. The molecule has 0 aliphatic rings. The lowest BCUT2D eigenvalue weighted by Gasteiger charge is -2.21. The van der Waals surface area contributed by atoms with Gasteiger partial charge in [0.25, 0.3) is 0 Å². The van der Waals surface area contributed by atoms with E-state index < -0.39 is 0 Å². The number of carbonyl (C=O) groups excluding carboxylic acids is 1. The molecule has 2 aromatic heterocycles. The summed E-state index contributed by atoms with van der Waals surface area (Å²) in [7, 11) is 0. The van der Waals surface area contributed by atoms with Gasteiger partial charge < -0.3 is 10.2 Å². The van der Waals surface area contributed by atoms with Crippen molar-refractivity contribution in [3.63, 3.8) is 0 Å². The van der Waals surface area contributed by atoms with Crippen molar-refractivity contribution in [3.8, 4) is 0 Å². The lowest BCUT2D eigenvalue weighted by Crippen LogP contribution is -2.34. The molecule has 1 aromatic carbocycles. The highest BCUT2D eigenvalue weighted by atomic mass is 35.5. The minimum Gasteiger partial charge on any atom is -0.346 e. The summed E-state index contributed by atoms with van der Waals surface area (Å²) in [5, 5.41) is 16.3. The fourth-order valence-electron chi connectivity index (χ4n) is 2.54. The highest BCUT2D eigenvalue weighted by Crippen LogP contribution is 2.29. The van der Waals surface area contributed by atoms with Gasteiger partial charge in [-0.05, 0) is 31.2 Å². The molecule has 26 heavy (non-hydrogen) atoms. The first-order valence-electron chi connectivity index (χ1n) is 8.23. The molecular formula is C17H18Cl2N6O. The smallest absolute Gasteiger partial charge is 0.244 e. The van der Waals surface area contributed by atoms with Crippen LogP contribution < -0.4 is 10.2 Å². The number of nitrogens with zero attached hydrogens (tertiary/aromatic N) is 5. The van der Waals surface area contributed by atoms with Crippen LogP contribution in [-0.2, 0) is 11.2 Å². The molecule has 0 saturated carbocycles. The van der Waals surface area contributed by atoms with Crippen LogP contribution >= 0.6 is 23.2 Å². The standard InChI is InChI=1S/C17H18Cl2N6O/c1-3-13-21-22-14-8-9-15(23-25(13)14)24(4-2)10-16(26)20-17-11(18)6-5-7-12(17)19/h5-9H,3-4,10H2,1-2H3,(H,20,26). The van der Waals surface area contributed by atoms with Gasteiger partial charge in [0.05, 0.1) is 22.3 Å². The minimum atomic E-state index is -0.233. The molecule has 3 rings (SSSR count). The zero-order valence-electron chi connectivity index (χ0n) is 14.4. The van der Waals surface area contributed by atoms with Gasteiger partial charge in [-0.25, -0.2) is 0 Å². The van der Waals surface area contributed by atoms with E-state index in [0.717, 1.165) is 12.2 Å². The van der Waals surface area contributed by atoms with E-state index in [-0.39, 0.29) is 12.5 Å². The first-order chi connectivity index (χ1) is 12.5. The summed E-state index contributed by atoms with van der Waals surface area (Å²) in [5.41, 5.74) is 1.08.